The van der Waals surface area contributed by atoms with Crippen molar-refractivity contribution in [1.29, 1.82) is 0 Å². The third-order valence-corrected chi connectivity index (χ3v) is 4.85. The number of benzene rings is 4. The van der Waals surface area contributed by atoms with Crippen molar-refractivity contribution in [3.8, 4) is 22.3 Å². The molecule has 122 valence electrons. The van der Waals surface area contributed by atoms with E-state index < -0.39 is 0 Å². The lowest BCUT2D eigenvalue weighted by Gasteiger charge is -2.12. The highest BCUT2D eigenvalue weighted by Crippen LogP contribution is 2.36. The standard InChI is InChI=1S/C25H17N/c1-2-9-18(10-3-1)19-11-8-12-20(17-19)25-21-13-4-6-15-23(21)26-24-16-7-5-14-22(24)25/h1-17H. The van der Waals surface area contributed by atoms with Crippen LogP contribution in [0.2, 0.25) is 0 Å². The number of hydrogen-bond donors (Lipinski definition) is 0. The average Bonchev–Trinajstić information content (AvgIpc) is 2.72. The Labute approximate surface area is 152 Å². The molecule has 0 spiro atoms. The van der Waals surface area contributed by atoms with Crippen LogP contribution in [0.25, 0.3) is 44.1 Å². The summed E-state index contributed by atoms with van der Waals surface area (Å²) in [5, 5.41) is 2.38. The molecule has 0 saturated heterocycles. The van der Waals surface area contributed by atoms with Crippen LogP contribution in [0.3, 0.4) is 0 Å². The highest BCUT2D eigenvalue weighted by Gasteiger charge is 2.11. The van der Waals surface area contributed by atoms with Crippen LogP contribution in [-0.4, -0.2) is 4.98 Å². The monoisotopic (exact) mass is 331 g/mol. The molecule has 5 rings (SSSR count). The number of aromatic nitrogens is 1. The van der Waals surface area contributed by atoms with E-state index in [1.165, 1.54) is 33.0 Å². The summed E-state index contributed by atoms with van der Waals surface area (Å²) in [6.45, 7) is 0. The summed E-state index contributed by atoms with van der Waals surface area (Å²) in [6.07, 6.45) is 0. The molecule has 0 N–H and O–H groups in total. The molecule has 4 aromatic carbocycles. The molecular weight excluding hydrogens is 314 g/mol. The Bertz CT molecular complexity index is 1170. The first-order valence-corrected chi connectivity index (χ1v) is 8.83. The van der Waals surface area contributed by atoms with Gasteiger partial charge in [0, 0.05) is 16.3 Å². The van der Waals surface area contributed by atoms with Gasteiger partial charge in [0.1, 0.15) is 0 Å². The van der Waals surface area contributed by atoms with E-state index in [9.17, 15) is 0 Å². The van der Waals surface area contributed by atoms with E-state index in [2.05, 4.69) is 91.0 Å². The van der Waals surface area contributed by atoms with E-state index in [0.29, 0.717) is 0 Å². The topological polar surface area (TPSA) is 12.9 Å². The predicted octanol–water partition coefficient (Wildman–Crippen LogP) is 6.72. The lowest BCUT2D eigenvalue weighted by Crippen LogP contribution is -1.89. The summed E-state index contributed by atoms with van der Waals surface area (Å²) in [5.74, 6) is 0. The van der Waals surface area contributed by atoms with Crippen LogP contribution >= 0.6 is 0 Å². The van der Waals surface area contributed by atoms with Gasteiger partial charge in [-0.3, -0.25) is 0 Å². The molecule has 1 heterocycles. The number of nitrogens with zero attached hydrogens (tertiary/aromatic N) is 1. The van der Waals surface area contributed by atoms with Crippen LogP contribution in [0.15, 0.2) is 103 Å². The molecule has 0 aliphatic heterocycles. The normalized spacial score (nSPS) is 11.1. The summed E-state index contributed by atoms with van der Waals surface area (Å²) in [6, 6.07) is 36.1. The molecule has 0 aliphatic rings. The maximum absolute atomic E-state index is 4.84. The van der Waals surface area contributed by atoms with Crippen molar-refractivity contribution in [2.45, 2.75) is 0 Å². The first kappa shape index (κ1) is 14.9. The van der Waals surface area contributed by atoms with Crippen molar-refractivity contribution in [2.24, 2.45) is 0 Å². The Kier molecular flexibility index (Phi) is 3.50. The van der Waals surface area contributed by atoms with E-state index in [1.54, 1.807) is 0 Å². The third kappa shape index (κ3) is 2.46. The minimum Gasteiger partial charge on any atom is -0.248 e. The molecule has 0 amide bonds. The molecule has 26 heavy (non-hydrogen) atoms. The number of pyridine rings is 1. The second kappa shape index (κ2) is 6.12. The second-order valence-electron chi connectivity index (χ2n) is 6.47. The van der Waals surface area contributed by atoms with Gasteiger partial charge in [-0.15, -0.1) is 0 Å². The molecule has 1 nitrogen and oxygen atoms in total. The minimum atomic E-state index is 1.03. The van der Waals surface area contributed by atoms with Gasteiger partial charge in [-0.25, -0.2) is 4.98 Å². The van der Waals surface area contributed by atoms with Gasteiger partial charge >= 0.3 is 0 Å². The number of fused-ring (bicyclic) bond motifs is 2. The van der Waals surface area contributed by atoms with Crippen molar-refractivity contribution in [1.82, 2.24) is 4.98 Å². The first-order chi connectivity index (χ1) is 12.9. The van der Waals surface area contributed by atoms with Crippen molar-refractivity contribution in [3.63, 3.8) is 0 Å². The van der Waals surface area contributed by atoms with Gasteiger partial charge in [-0.05, 0) is 34.9 Å². The third-order valence-electron chi connectivity index (χ3n) is 4.85. The van der Waals surface area contributed by atoms with E-state index in [-0.39, 0.29) is 0 Å². The van der Waals surface area contributed by atoms with Crippen molar-refractivity contribution >= 4 is 21.8 Å². The van der Waals surface area contributed by atoms with E-state index in [0.717, 1.165) is 11.0 Å². The van der Waals surface area contributed by atoms with Gasteiger partial charge in [0.2, 0.25) is 0 Å². The molecule has 0 bridgehead atoms. The SMILES string of the molecule is c1ccc(-c2cccc(-c3c4ccccc4nc4ccccc34)c2)cc1. The molecule has 0 unspecified atom stereocenters. The van der Waals surface area contributed by atoms with Crippen LogP contribution < -0.4 is 0 Å². The van der Waals surface area contributed by atoms with Crippen molar-refractivity contribution in [3.05, 3.63) is 103 Å². The van der Waals surface area contributed by atoms with Gasteiger partial charge in [0.25, 0.3) is 0 Å². The lowest BCUT2D eigenvalue weighted by atomic mass is 9.93. The fourth-order valence-electron chi connectivity index (χ4n) is 3.64. The number of hydrogen-bond acceptors (Lipinski definition) is 1. The van der Waals surface area contributed by atoms with Crippen LogP contribution in [0.1, 0.15) is 0 Å². The Morgan fingerprint density at radius 3 is 1.65 bits per heavy atom. The summed E-state index contributed by atoms with van der Waals surface area (Å²) in [7, 11) is 0. The molecule has 0 fully saturated rings. The minimum absolute atomic E-state index is 1.03. The fraction of sp³-hybridized carbons (Fsp3) is 0. The van der Waals surface area contributed by atoms with Crippen LogP contribution in [0.5, 0.6) is 0 Å². The quantitative estimate of drug-likeness (QED) is 0.327. The van der Waals surface area contributed by atoms with Crippen LogP contribution in [-0.2, 0) is 0 Å². The van der Waals surface area contributed by atoms with Crippen molar-refractivity contribution in [2.75, 3.05) is 0 Å². The van der Waals surface area contributed by atoms with E-state index >= 15 is 0 Å². The maximum Gasteiger partial charge on any atom is 0.0715 e. The summed E-state index contributed by atoms with van der Waals surface area (Å²) < 4.78 is 0. The zero-order valence-corrected chi connectivity index (χ0v) is 14.3. The number of rotatable bonds is 2. The fourth-order valence-corrected chi connectivity index (χ4v) is 3.64. The average molecular weight is 331 g/mol. The lowest BCUT2D eigenvalue weighted by molar-refractivity contribution is 1.49. The largest absolute Gasteiger partial charge is 0.248 e. The highest BCUT2D eigenvalue weighted by atomic mass is 14.7. The Morgan fingerprint density at radius 1 is 0.423 bits per heavy atom. The summed E-state index contributed by atoms with van der Waals surface area (Å²) >= 11 is 0. The zero-order valence-electron chi connectivity index (χ0n) is 14.3. The molecule has 0 atom stereocenters. The maximum atomic E-state index is 4.84. The van der Waals surface area contributed by atoms with E-state index in [1.807, 2.05) is 12.1 Å². The Hall–Kier alpha value is -3.45. The van der Waals surface area contributed by atoms with Gasteiger partial charge in [-0.1, -0.05) is 84.9 Å². The zero-order chi connectivity index (χ0) is 17.3. The summed E-state index contributed by atoms with van der Waals surface area (Å²) in [4.78, 5) is 4.84. The Balaban J connectivity index is 1.84. The molecule has 0 saturated carbocycles. The van der Waals surface area contributed by atoms with Crippen LogP contribution in [0, 0.1) is 0 Å². The molecular formula is C25H17N. The van der Waals surface area contributed by atoms with Crippen molar-refractivity contribution < 1.29 is 0 Å². The molecule has 0 radical (unpaired) electrons. The summed E-state index contributed by atoms with van der Waals surface area (Å²) in [5.41, 5.74) is 7.01. The smallest absolute Gasteiger partial charge is 0.0715 e. The van der Waals surface area contributed by atoms with Gasteiger partial charge in [-0.2, -0.15) is 0 Å². The second-order valence-corrected chi connectivity index (χ2v) is 6.47. The molecule has 0 aliphatic carbocycles. The molecule has 1 aromatic heterocycles. The predicted molar refractivity (Wildman–Crippen MR) is 110 cm³/mol. The van der Waals surface area contributed by atoms with Crippen LogP contribution in [0.4, 0.5) is 0 Å². The first-order valence-electron chi connectivity index (χ1n) is 8.83. The van der Waals surface area contributed by atoms with Gasteiger partial charge in [0.05, 0.1) is 11.0 Å². The number of para-hydroxylation sites is 2. The van der Waals surface area contributed by atoms with E-state index in [4.69, 9.17) is 4.98 Å². The van der Waals surface area contributed by atoms with Gasteiger partial charge in [0.15, 0.2) is 0 Å². The Morgan fingerprint density at radius 2 is 0.962 bits per heavy atom. The molecule has 5 aromatic rings. The molecule has 1 heteroatoms. The highest BCUT2D eigenvalue weighted by molar-refractivity contribution is 6.09. The van der Waals surface area contributed by atoms with Gasteiger partial charge < -0.3 is 0 Å².